The zero-order chi connectivity index (χ0) is 23.9. The maximum Gasteiger partial charge on any atom is 0.234 e. The number of ether oxygens (including phenoxy) is 2. The number of hydrogen-bond acceptors (Lipinski definition) is 6. The summed E-state index contributed by atoms with van der Waals surface area (Å²) in [5.41, 5.74) is 2.48. The van der Waals surface area contributed by atoms with E-state index in [4.69, 9.17) is 21.1 Å². The maximum atomic E-state index is 12.5. The number of carbonyl (C=O) groups excluding carboxylic acids is 1. The third kappa shape index (κ3) is 5.89. The van der Waals surface area contributed by atoms with Crippen molar-refractivity contribution in [1.82, 2.24) is 14.8 Å². The van der Waals surface area contributed by atoms with Crippen molar-refractivity contribution >= 4 is 35.0 Å². The van der Waals surface area contributed by atoms with Crippen LogP contribution in [0.1, 0.15) is 11.4 Å². The van der Waals surface area contributed by atoms with E-state index in [9.17, 15) is 4.79 Å². The van der Waals surface area contributed by atoms with Gasteiger partial charge in [-0.15, -0.1) is 10.2 Å². The summed E-state index contributed by atoms with van der Waals surface area (Å²) in [6, 6.07) is 22.5. The van der Waals surface area contributed by atoms with Crippen LogP contribution in [0.25, 0.3) is 5.69 Å². The molecule has 7 nitrogen and oxygen atoms in total. The van der Waals surface area contributed by atoms with Crippen LogP contribution in [-0.4, -0.2) is 33.5 Å². The van der Waals surface area contributed by atoms with Crippen molar-refractivity contribution in [3.8, 4) is 17.2 Å². The fraction of sp³-hybridized carbons (Fsp3) is 0.160. The molecular formula is C25H23ClN4O3S. The lowest BCUT2D eigenvalue weighted by atomic mass is 10.2. The Bertz CT molecular complexity index is 1290. The van der Waals surface area contributed by atoms with Crippen molar-refractivity contribution in [3.63, 3.8) is 0 Å². The Balaban J connectivity index is 1.55. The molecule has 0 aliphatic carbocycles. The van der Waals surface area contributed by atoms with E-state index in [2.05, 4.69) is 15.5 Å². The lowest BCUT2D eigenvalue weighted by molar-refractivity contribution is -0.113. The molecule has 0 bridgehead atoms. The summed E-state index contributed by atoms with van der Waals surface area (Å²) >= 11 is 7.42. The highest BCUT2D eigenvalue weighted by Crippen LogP contribution is 2.26. The molecule has 1 aromatic heterocycles. The van der Waals surface area contributed by atoms with Crippen molar-refractivity contribution in [1.29, 1.82) is 0 Å². The zero-order valence-electron chi connectivity index (χ0n) is 18.7. The summed E-state index contributed by atoms with van der Waals surface area (Å²) in [7, 11) is 1.61. The predicted octanol–water partition coefficient (Wildman–Crippen LogP) is 5.55. The first kappa shape index (κ1) is 23.7. The number of hydrogen-bond donors (Lipinski definition) is 1. The summed E-state index contributed by atoms with van der Waals surface area (Å²) < 4.78 is 13.2. The molecule has 9 heteroatoms. The smallest absolute Gasteiger partial charge is 0.234 e. The van der Waals surface area contributed by atoms with Crippen LogP contribution >= 0.6 is 23.4 Å². The first-order valence-corrected chi connectivity index (χ1v) is 11.8. The van der Waals surface area contributed by atoms with Gasteiger partial charge in [-0.05, 0) is 48.9 Å². The Morgan fingerprint density at radius 2 is 1.82 bits per heavy atom. The Hall–Kier alpha value is -3.49. The minimum atomic E-state index is -0.198. The molecule has 4 rings (SSSR count). The molecule has 0 unspecified atom stereocenters. The molecule has 4 aromatic rings. The number of carbonyl (C=O) groups is 1. The third-order valence-electron chi connectivity index (χ3n) is 4.85. The maximum absolute atomic E-state index is 12.5. The van der Waals surface area contributed by atoms with Crippen molar-refractivity contribution in [2.75, 3.05) is 18.2 Å². The number of aryl methyl sites for hydroxylation is 1. The fourth-order valence-corrected chi connectivity index (χ4v) is 4.18. The van der Waals surface area contributed by atoms with Gasteiger partial charge in [0, 0.05) is 6.07 Å². The molecule has 0 spiro atoms. The van der Waals surface area contributed by atoms with Crippen LogP contribution in [0.2, 0.25) is 5.02 Å². The topological polar surface area (TPSA) is 78.3 Å². The lowest BCUT2D eigenvalue weighted by Gasteiger charge is -2.12. The van der Waals surface area contributed by atoms with Gasteiger partial charge >= 0.3 is 0 Å². The van der Waals surface area contributed by atoms with Crippen LogP contribution < -0.4 is 14.8 Å². The molecular weight excluding hydrogens is 472 g/mol. The van der Waals surface area contributed by atoms with Crippen LogP contribution in [0.4, 0.5) is 5.69 Å². The highest BCUT2D eigenvalue weighted by atomic mass is 35.5. The SMILES string of the molecule is COc1cccc(-n2c(COc3cccc(C)c3)nnc2SCC(=O)Nc2ccccc2Cl)c1. The van der Waals surface area contributed by atoms with Crippen LogP contribution in [0.3, 0.4) is 0 Å². The number of anilines is 1. The molecule has 0 aliphatic heterocycles. The fourth-order valence-electron chi connectivity index (χ4n) is 3.23. The van der Waals surface area contributed by atoms with E-state index in [1.165, 1.54) is 11.8 Å². The number of amides is 1. The summed E-state index contributed by atoms with van der Waals surface area (Å²) in [5.74, 6) is 1.98. The quantitative estimate of drug-likeness (QED) is 0.307. The molecule has 1 heterocycles. The van der Waals surface area contributed by atoms with Gasteiger partial charge in [0.2, 0.25) is 5.91 Å². The first-order chi connectivity index (χ1) is 16.5. The number of para-hydroxylation sites is 1. The molecule has 3 aromatic carbocycles. The van der Waals surface area contributed by atoms with E-state index < -0.39 is 0 Å². The van der Waals surface area contributed by atoms with Gasteiger partial charge in [0.1, 0.15) is 18.1 Å². The minimum absolute atomic E-state index is 0.131. The average Bonchev–Trinajstić information content (AvgIpc) is 3.26. The van der Waals surface area contributed by atoms with Gasteiger partial charge in [0.25, 0.3) is 0 Å². The second-order valence-electron chi connectivity index (χ2n) is 7.36. The summed E-state index contributed by atoms with van der Waals surface area (Å²) in [5, 5.41) is 12.5. The normalized spacial score (nSPS) is 10.7. The summed E-state index contributed by atoms with van der Waals surface area (Å²) in [6.45, 7) is 2.22. The number of nitrogens with zero attached hydrogens (tertiary/aromatic N) is 3. The van der Waals surface area contributed by atoms with Gasteiger partial charge in [-0.25, -0.2) is 0 Å². The van der Waals surface area contributed by atoms with Gasteiger partial charge in [-0.2, -0.15) is 0 Å². The molecule has 174 valence electrons. The first-order valence-electron chi connectivity index (χ1n) is 10.5. The number of aromatic nitrogens is 3. The van der Waals surface area contributed by atoms with Gasteiger partial charge in [-0.1, -0.05) is 53.7 Å². The van der Waals surface area contributed by atoms with Gasteiger partial charge in [0.15, 0.2) is 11.0 Å². The molecule has 0 saturated carbocycles. The largest absolute Gasteiger partial charge is 0.497 e. The Morgan fingerprint density at radius 3 is 2.62 bits per heavy atom. The number of thioether (sulfide) groups is 1. The van der Waals surface area contributed by atoms with E-state index in [1.807, 2.05) is 72.2 Å². The lowest BCUT2D eigenvalue weighted by Crippen LogP contribution is -2.15. The second-order valence-corrected chi connectivity index (χ2v) is 8.71. The highest BCUT2D eigenvalue weighted by Gasteiger charge is 2.17. The van der Waals surface area contributed by atoms with E-state index in [-0.39, 0.29) is 18.3 Å². The van der Waals surface area contributed by atoms with Crippen molar-refractivity contribution in [2.24, 2.45) is 0 Å². The standard InChI is InChI=1S/C25H23ClN4O3S/c1-17-7-5-10-20(13-17)33-15-23-28-29-25(30(23)18-8-6-9-19(14-18)32-2)34-16-24(31)27-22-12-4-3-11-21(22)26/h3-14H,15-16H2,1-2H3,(H,27,31). The molecule has 0 saturated heterocycles. The predicted molar refractivity (Wildman–Crippen MR) is 134 cm³/mol. The number of nitrogens with one attached hydrogen (secondary N) is 1. The zero-order valence-corrected chi connectivity index (χ0v) is 20.3. The van der Waals surface area contributed by atoms with Crippen LogP contribution in [0, 0.1) is 6.92 Å². The Kier molecular flexibility index (Phi) is 7.72. The number of benzene rings is 3. The van der Waals surface area contributed by atoms with E-state index in [0.717, 1.165) is 17.0 Å². The van der Waals surface area contributed by atoms with E-state index >= 15 is 0 Å². The van der Waals surface area contributed by atoms with Crippen molar-refractivity contribution < 1.29 is 14.3 Å². The van der Waals surface area contributed by atoms with Crippen LogP contribution in [0.15, 0.2) is 78.0 Å². The number of rotatable bonds is 9. The minimum Gasteiger partial charge on any atom is -0.497 e. The summed E-state index contributed by atoms with van der Waals surface area (Å²) in [4.78, 5) is 12.5. The monoisotopic (exact) mass is 494 g/mol. The van der Waals surface area contributed by atoms with Crippen molar-refractivity contribution in [3.05, 3.63) is 89.2 Å². The van der Waals surface area contributed by atoms with E-state index in [1.54, 1.807) is 19.2 Å². The molecule has 1 N–H and O–H groups in total. The second kappa shape index (κ2) is 11.1. The van der Waals surface area contributed by atoms with Crippen LogP contribution in [0.5, 0.6) is 11.5 Å². The average molecular weight is 495 g/mol. The van der Waals surface area contributed by atoms with Crippen molar-refractivity contribution in [2.45, 2.75) is 18.7 Å². The Labute approximate surface area is 207 Å². The highest BCUT2D eigenvalue weighted by molar-refractivity contribution is 7.99. The number of methoxy groups -OCH3 is 1. The molecule has 0 radical (unpaired) electrons. The molecule has 0 aliphatic rings. The van der Waals surface area contributed by atoms with E-state index in [0.29, 0.717) is 27.4 Å². The Morgan fingerprint density at radius 1 is 1.03 bits per heavy atom. The van der Waals surface area contributed by atoms with Crippen LogP contribution in [-0.2, 0) is 11.4 Å². The third-order valence-corrected chi connectivity index (χ3v) is 6.11. The number of halogens is 1. The molecule has 0 fully saturated rings. The molecule has 1 amide bonds. The summed E-state index contributed by atoms with van der Waals surface area (Å²) in [6.07, 6.45) is 0. The van der Waals surface area contributed by atoms with Gasteiger partial charge in [0.05, 0.1) is 29.3 Å². The van der Waals surface area contributed by atoms with Gasteiger partial charge < -0.3 is 14.8 Å². The molecule has 34 heavy (non-hydrogen) atoms. The van der Waals surface area contributed by atoms with Gasteiger partial charge in [-0.3, -0.25) is 9.36 Å². The molecule has 0 atom stereocenters.